The Morgan fingerprint density at radius 1 is 1.03 bits per heavy atom. The molecule has 0 saturated heterocycles. The van der Waals surface area contributed by atoms with E-state index in [-0.39, 0.29) is 5.41 Å². The van der Waals surface area contributed by atoms with E-state index in [9.17, 15) is 9.90 Å². The average molecular weight is 406 g/mol. The lowest BCUT2D eigenvalue weighted by Gasteiger charge is -2.61. The van der Waals surface area contributed by atoms with Gasteiger partial charge >= 0.3 is 0 Å². The first kappa shape index (κ1) is 21.8. The summed E-state index contributed by atoms with van der Waals surface area (Å²) >= 11 is 0. The molecule has 4 heteroatoms. The minimum absolute atomic E-state index is 0.0344. The Morgan fingerprint density at radius 3 is 2.52 bits per heavy atom. The van der Waals surface area contributed by atoms with Gasteiger partial charge in [0, 0.05) is 31.2 Å². The van der Waals surface area contributed by atoms with Crippen LogP contribution >= 0.6 is 0 Å². The molecular formula is C25H43NO3. The van der Waals surface area contributed by atoms with Crippen LogP contribution in [-0.2, 0) is 9.53 Å². The maximum Gasteiger partial charge on any atom is 0.165 e. The zero-order valence-corrected chi connectivity index (χ0v) is 19.2. The Kier molecular flexibility index (Phi) is 5.94. The Labute approximate surface area is 177 Å². The van der Waals surface area contributed by atoms with Crippen molar-refractivity contribution < 1.29 is 14.6 Å². The molecule has 4 aliphatic carbocycles. The molecule has 0 aromatic heterocycles. The number of carbonyl (C=O) groups is 1. The lowest BCUT2D eigenvalue weighted by atomic mass is 9.45. The molecule has 0 aromatic rings. The molecule has 166 valence electrons. The van der Waals surface area contributed by atoms with Crippen LogP contribution in [-0.4, -0.2) is 47.8 Å². The Bertz CT molecular complexity index is 619. The summed E-state index contributed by atoms with van der Waals surface area (Å²) in [6.07, 6.45) is 9.29. The number of likely N-dealkylation sites (N-methyl/N-ethyl adjacent to an activating group) is 1. The van der Waals surface area contributed by atoms with Gasteiger partial charge in [0.05, 0.1) is 6.61 Å². The van der Waals surface area contributed by atoms with Gasteiger partial charge < -0.3 is 14.7 Å². The summed E-state index contributed by atoms with van der Waals surface area (Å²) in [6.45, 7) is 12.7. The fraction of sp³-hybridized carbons (Fsp3) is 0.960. The Morgan fingerprint density at radius 2 is 1.79 bits per heavy atom. The summed E-state index contributed by atoms with van der Waals surface area (Å²) in [5.41, 5.74) is 0.275. The fourth-order valence-corrected chi connectivity index (χ4v) is 8.02. The van der Waals surface area contributed by atoms with Crippen LogP contribution in [0.25, 0.3) is 0 Å². The van der Waals surface area contributed by atoms with Crippen molar-refractivity contribution in [2.75, 3.05) is 26.2 Å². The van der Waals surface area contributed by atoms with E-state index in [4.69, 9.17) is 4.74 Å². The average Bonchev–Trinajstić information content (AvgIpc) is 3.01. The molecule has 0 radical (unpaired) electrons. The molecular weight excluding hydrogens is 362 g/mol. The predicted molar refractivity (Wildman–Crippen MR) is 115 cm³/mol. The van der Waals surface area contributed by atoms with E-state index >= 15 is 0 Å². The van der Waals surface area contributed by atoms with Crippen molar-refractivity contribution in [3.63, 3.8) is 0 Å². The van der Waals surface area contributed by atoms with E-state index in [0.29, 0.717) is 29.6 Å². The highest BCUT2D eigenvalue weighted by atomic mass is 16.6. The molecule has 0 spiro atoms. The van der Waals surface area contributed by atoms with Crippen molar-refractivity contribution >= 4 is 5.78 Å². The summed E-state index contributed by atoms with van der Waals surface area (Å²) < 4.78 is 6.10. The van der Waals surface area contributed by atoms with E-state index in [1.807, 2.05) is 0 Å². The zero-order valence-electron chi connectivity index (χ0n) is 19.2. The number of ether oxygens (including phenoxy) is 1. The first-order valence-corrected chi connectivity index (χ1v) is 12.4. The van der Waals surface area contributed by atoms with Crippen LogP contribution in [0.5, 0.6) is 0 Å². The van der Waals surface area contributed by atoms with E-state index in [2.05, 4.69) is 32.6 Å². The molecule has 7 atom stereocenters. The second kappa shape index (κ2) is 7.91. The molecule has 1 N–H and O–H groups in total. The van der Waals surface area contributed by atoms with Crippen LogP contribution in [0, 0.1) is 34.5 Å². The number of ketones is 1. The molecule has 0 aromatic carbocycles. The smallest absolute Gasteiger partial charge is 0.165 e. The third kappa shape index (κ3) is 3.61. The van der Waals surface area contributed by atoms with Gasteiger partial charge in [0.25, 0.3) is 0 Å². The van der Waals surface area contributed by atoms with Gasteiger partial charge in [-0.1, -0.05) is 27.7 Å². The largest absolute Gasteiger partial charge is 0.365 e. The summed E-state index contributed by atoms with van der Waals surface area (Å²) in [5.74, 6) is 2.21. The van der Waals surface area contributed by atoms with Gasteiger partial charge in [-0.15, -0.1) is 0 Å². The topological polar surface area (TPSA) is 49.8 Å². The fourth-order valence-electron chi connectivity index (χ4n) is 8.02. The highest BCUT2D eigenvalue weighted by molar-refractivity contribution is 5.87. The number of hydrogen-bond acceptors (Lipinski definition) is 4. The maximum atomic E-state index is 12.6. The number of fused-ring (bicyclic) bond motifs is 5. The lowest BCUT2D eigenvalue weighted by molar-refractivity contribution is -0.259. The number of carbonyl (C=O) groups excluding carboxylic acids is 1. The molecule has 4 aliphatic rings. The summed E-state index contributed by atoms with van der Waals surface area (Å²) in [4.78, 5) is 14.9. The third-order valence-electron chi connectivity index (χ3n) is 10.1. The van der Waals surface area contributed by atoms with Gasteiger partial charge in [-0.05, 0) is 80.7 Å². The second-order valence-corrected chi connectivity index (χ2v) is 11.1. The molecule has 4 saturated carbocycles. The summed E-state index contributed by atoms with van der Waals surface area (Å²) in [6, 6.07) is 0. The quantitative estimate of drug-likeness (QED) is 0.654. The molecule has 0 bridgehead atoms. The van der Waals surface area contributed by atoms with Gasteiger partial charge in [0.1, 0.15) is 5.78 Å². The number of hydrogen-bond donors (Lipinski definition) is 1. The number of aliphatic hydroxyl groups is 1. The molecule has 4 rings (SSSR count). The standard InChI is InChI=1S/C25H43NO3/c1-5-26(6-2)15-16-29-25(28)14-13-23(3)18(17-25)7-8-19-20-9-10-22(27)24(20,4)12-11-21(19)23/h18-21,28H,5-17H2,1-4H3/t18?,19-,20-,21-,23-,24-,25-/m0/s1. The molecule has 0 amide bonds. The molecule has 29 heavy (non-hydrogen) atoms. The second-order valence-electron chi connectivity index (χ2n) is 11.1. The van der Waals surface area contributed by atoms with Crippen LogP contribution < -0.4 is 0 Å². The minimum atomic E-state index is -0.934. The van der Waals surface area contributed by atoms with Crippen molar-refractivity contribution in [1.29, 1.82) is 0 Å². The molecule has 1 unspecified atom stereocenters. The minimum Gasteiger partial charge on any atom is -0.365 e. The third-order valence-corrected chi connectivity index (χ3v) is 10.1. The summed E-state index contributed by atoms with van der Waals surface area (Å²) in [5, 5.41) is 11.2. The maximum absolute atomic E-state index is 12.6. The highest BCUT2D eigenvalue weighted by Gasteiger charge is 2.61. The molecule has 4 nitrogen and oxygen atoms in total. The Balaban J connectivity index is 1.42. The predicted octanol–water partition coefficient (Wildman–Crippen LogP) is 4.65. The van der Waals surface area contributed by atoms with Crippen molar-refractivity contribution in [1.82, 2.24) is 4.90 Å². The highest BCUT2D eigenvalue weighted by Crippen LogP contribution is 2.66. The zero-order chi connectivity index (χ0) is 20.9. The van der Waals surface area contributed by atoms with Crippen molar-refractivity contribution in [3.05, 3.63) is 0 Å². The van der Waals surface area contributed by atoms with Crippen LogP contribution in [0.1, 0.15) is 85.5 Å². The van der Waals surface area contributed by atoms with E-state index in [1.165, 1.54) is 19.3 Å². The number of rotatable bonds is 6. The van der Waals surface area contributed by atoms with Crippen LogP contribution in [0.4, 0.5) is 0 Å². The van der Waals surface area contributed by atoms with E-state index in [0.717, 1.165) is 70.0 Å². The van der Waals surface area contributed by atoms with E-state index < -0.39 is 5.79 Å². The SMILES string of the molecule is CCN(CC)CCO[C@@]1(O)CC[C@@]2(C)C(CC[C@@H]3[C@@H]2CC[C@]2(C)C(=O)CC[C@@H]32)C1. The normalized spacial score (nSPS) is 47.0. The molecule has 0 aliphatic heterocycles. The van der Waals surface area contributed by atoms with Crippen molar-refractivity contribution in [2.45, 2.75) is 91.3 Å². The lowest BCUT2D eigenvalue weighted by Crippen LogP contribution is -2.56. The number of Topliss-reactive ketones (excluding diaryl/α,β-unsaturated/α-hetero) is 1. The molecule has 0 heterocycles. The van der Waals surface area contributed by atoms with Gasteiger partial charge in [0.15, 0.2) is 5.79 Å². The van der Waals surface area contributed by atoms with Gasteiger partial charge in [-0.25, -0.2) is 0 Å². The first-order chi connectivity index (χ1) is 13.8. The summed E-state index contributed by atoms with van der Waals surface area (Å²) in [7, 11) is 0. The van der Waals surface area contributed by atoms with Gasteiger partial charge in [-0.2, -0.15) is 0 Å². The number of nitrogens with zero attached hydrogens (tertiary/aromatic N) is 1. The first-order valence-electron chi connectivity index (χ1n) is 12.4. The Hall–Kier alpha value is -0.450. The van der Waals surface area contributed by atoms with E-state index in [1.54, 1.807) is 0 Å². The van der Waals surface area contributed by atoms with Gasteiger partial charge in [-0.3, -0.25) is 4.79 Å². The molecule has 4 fully saturated rings. The van der Waals surface area contributed by atoms with Crippen molar-refractivity contribution in [2.24, 2.45) is 34.5 Å². The van der Waals surface area contributed by atoms with Gasteiger partial charge in [0.2, 0.25) is 0 Å². The van der Waals surface area contributed by atoms with Crippen LogP contribution in [0.2, 0.25) is 0 Å². The van der Waals surface area contributed by atoms with Crippen LogP contribution in [0.15, 0.2) is 0 Å². The van der Waals surface area contributed by atoms with Crippen LogP contribution in [0.3, 0.4) is 0 Å². The van der Waals surface area contributed by atoms with Crippen molar-refractivity contribution in [3.8, 4) is 0 Å². The monoisotopic (exact) mass is 405 g/mol.